The second-order valence-corrected chi connectivity index (χ2v) is 5.27. The highest BCUT2D eigenvalue weighted by Gasteiger charge is 2.30. The third-order valence-corrected chi connectivity index (χ3v) is 3.98. The standard InChI is InChI=1S/C16H16N4/c1-10-8-13-6-4-5-7-15(13)20(10)16-14(9-17)11(2)12(3)18-19-16/h4-7,10H,8H2,1-3H3. The van der Waals surface area contributed by atoms with Crippen LogP contribution in [0, 0.1) is 25.2 Å². The van der Waals surface area contributed by atoms with E-state index in [1.807, 2.05) is 26.0 Å². The van der Waals surface area contributed by atoms with Gasteiger partial charge in [0.1, 0.15) is 11.6 Å². The summed E-state index contributed by atoms with van der Waals surface area (Å²) in [5, 5.41) is 18.0. The number of rotatable bonds is 1. The lowest BCUT2D eigenvalue weighted by atomic mass is 10.1. The van der Waals surface area contributed by atoms with E-state index in [9.17, 15) is 5.26 Å². The first-order chi connectivity index (χ1) is 9.63. The zero-order valence-corrected chi connectivity index (χ0v) is 11.9. The van der Waals surface area contributed by atoms with Crippen LogP contribution in [-0.4, -0.2) is 16.2 Å². The predicted molar refractivity (Wildman–Crippen MR) is 78.0 cm³/mol. The first-order valence-electron chi connectivity index (χ1n) is 6.74. The molecule has 0 N–H and O–H groups in total. The molecule has 1 aliphatic heterocycles. The molecule has 1 atom stereocenters. The van der Waals surface area contributed by atoms with Crippen LogP contribution >= 0.6 is 0 Å². The SMILES string of the molecule is Cc1nnc(N2c3ccccc3CC2C)c(C#N)c1C. The average Bonchev–Trinajstić information content (AvgIpc) is 2.77. The Hall–Kier alpha value is -2.41. The van der Waals surface area contributed by atoms with Crippen molar-refractivity contribution in [2.75, 3.05) is 4.90 Å². The lowest BCUT2D eigenvalue weighted by Gasteiger charge is -2.24. The normalized spacial score (nSPS) is 16.9. The van der Waals surface area contributed by atoms with Crippen molar-refractivity contribution in [2.24, 2.45) is 0 Å². The highest BCUT2D eigenvalue weighted by molar-refractivity contribution is 5.73. The Morgan fingerprint density at radius 1 is 1.25 bits per heavy atom. The molecule has 0 fully saturated rings. The Labute approximate surface area is 118 Å². The molecule has 0 saturated carbocycles. The van der Waals surface area contributed by atoms with E-state index in [-0.39, 0.29) is 6.04 Å². The first-order valence-corrected chi connectivity index (χ1v) is 6.74. The minimum Gasteiger partial charge on any atom is -0.320 e. The Morgan fingerprint density at radius 2 is 2.00 bits per heavy atom. The molecule has 20 heavy (non-hydrogen) atoms. The number of aryl methyl sites for hydroxylation is 1. The second kappa shape index (κ2) is 4.61. The molecule has 0 spiro atoms. The van der Waals surface area contributed by atoms with E-state index in [1.54, 1.807) is 0 Å². The molecule has 3 rings (SSSR count). The van der Waals surface area contributed by atoms with Crippen molar-refractivity contribution in [3.63, 3.8) is 0 Å². The Bertz CT molecular complexity index is 715. The molecule has 1 aromatic carbocycles. The van der Waals surface area contributed by atoms with Crippen LogP contribution in [0.1, 0.15) is 29.3 Å². The van der Waals surface area contributed by atoms with Gasteiger partial charge in [0.15, 0.2) is 5.82 Å². The fourth-order valence-electron chi connectivity index (χ4n) is 2.79. The molecule has 4 nitrogen and oxygen atoms in total. The van der Waals surface area contributed by atoms with E-state index >= 15 is 0 Å². The molecule has 2 heterocycles. The number of hydrogen-bond donors (Lipinski definition) is 0. The van der Waals surface area contributed by atoms with Crippen LogP contribution in [0.25, 0.3) is 0 Å². The van der Waals surface area contributed by atoms with Gasteiger partial charge < -0.3 is 4.90 Å². The molecule has 0 aliphatic carbocycles. The molecule has 0 bridgehead atoms. The lowest BCUT2D eigenvalue weighted by Crippen LogP contribution is -2.26. The largest absolute Gasteiger partial charge is 0.320 e. The fourth-order valence-corrected chi connectivity index (χ4v) is 2.79. The molecule has 1 unspecified atom stereocenters. The number of hydrogen-bond acceptors (Lipinski definition) is 4. The maximum absolute atomic E-state index is 9.47. The monoisotopic (exact) mass is 264 g/mol. The van der Waals surface area contributed by atoms with E-state index in [2.05, 4.69) is 40.2 Å². The molecule has 1 aromatic heterocycles. The van der Waals surface area contributed by atoms with Gasteiger partial charge in [0.05, 0.1) is 5.69 Å². The van der Waals surface area contributed by atoms with Crippen LogP contribution in [0.2, 0.25) is 0 Å². The number of nitriles is 1. The summed E-state index contributed by atoms with van der Waals surface area (Å²) in [6, 6.07) is 10.9. The van der Waals surface area contributed by atoms with Gasteiger partial charge in [0.2, 0.25) is 0 Å². The van der Waals surface area contributed by atoms with Gasteiger partial charge in [-0.1, -0.05) is 18.2 Å². The summed E-state index contributed by atoms with van der Waals surface area (Å²) in [5.41, 5.74) is 4.78. The predicted octanol–water partition coefficient (Wildman–Crippen LogP) is 3.05. The highest BCUT2D eigenvalue weighted by atomic mass is 15.3. The van der Waals surface area contributed by atoms with E-state index in [0.29, 0.717) is 11.4 Å². The van der Waals surface area contributed by atoms with E-state index in [1.165, 1.54) is 5.56 Å². The summed E-state index contributed by atoms with van der Waals surface area (Å²) in [4.78, 5) is 2.13. The highest BCUT2D eigenvalue weighted by Crippen LogP contribution is 2.38. The van der Waals surface area contributed by atoms with Crippen LogP contribution in [0.15, 0.2) is 24.3 Å². The fraction of sp³-hybridized carbons (Fsp3) is 0.312. The molecular formula is C16H16N4. The zero-order chi connectivity index (χ0) is 14.3. The van der Waals surface area contributed by atoms with Crippen LogP contribution in [0.4, 0.5) is 11.5 Å². The van der Waals surface area contributed by atoms with Gasteiger partial charge in [-0.05, 0) is 44.4 Å². The average molecular weight is 264 g/mol. The van der Waals surface area contributed by atoms with Crippen LogP contribution < -0.4 is 4.90 Å². The van der Waals surface area contributed by atoms with Crippen LogP contribution in [0.3, 0.4) is 0 Å². The molecule has 0 saturated heterocycles. The number of anilines is 2. The van der Waals surface area contributed by atoms with Gasteiger partial charge in [0, 0.05) is 11.7 Å². The van der Waals surface area contributed by atoms with E-state index in [0.717, 1.165) is 23.4 Å². The summed E-state index contributed by atoms with van der Waals surface area (Å²) in [5.74, 6) is 0.674. The van der Waals surface area contributed by atoms with Crippen molar-refractivity contribution in [3.8, 4) is 6.07 Å². The summed E-state index contributed by atoms with van der Waals surface area (Å²) >= 11 is 0. The quantitative estimate of drug-likeness (QED) is 0.794. The molecule has 1 aliphatic rings. The van der Waals surface area contributed by atoms with Gasteiger partial charge >= 0.3 is 0 Å². The summed E-state index contributed by atoms with van der Waals surface area (Å²) < 4.78 is 0. The summed E-state index contributed by atoms with van der Waals surface area (Å²) in [6.45, 7) is 5.96. The molecular weight excluding hydrogens is 248 g/mol. The maximum atomic E-state index is 9.47. The van der Waals surface area contributed by atoms with Gasteiger partial charge in [-0.25, -0.2) is 0 Å². The molecule has 0 radical (unpaired) electrons. The number of nitrogens with zero attached hydrogens (tertiary/aromatic N) is 4. The van der Waals surface area contributed by atoms with Gasteiger partial charge in [-0.15, -0.1) is 5.10 Å². The van der Waals surface area contributed by atoms with Crippen molar-refractivity contribution in [1.29, 1.82) is 5.26 Å². The number of fused-ring (bicyclic) bond motifs is 1. The molecule has 2 aromatic rings. The van der Waals surface area contributed by atoms with Crippen molar-refractivity contribution in [1.82, 2.24) is 10.2 Å². The molecule has 4 heteroatoms. The summed E-state index contributed by atoms with van der Waals surface area (Å²) in [6.07, 6.45) is 0.968. The number of benzene rings is 1. The Balaban J connectivity index is 2.20. The van der Waals surface area contributed by atoms with E-state index in [4.69, 9.17) is 0 Å². The van der Waals surface area contributed by atoms with Crippen molar-refractivity contribution < 1.29 is 0 Å². The smallest absolute Gasteiger partial charge is 0.174 e. The number of aromatic nitrogens is 2. The maximum Gasteiger partial charge on any atom is 0.174 e. The van der Waals surface area contributed by atoms with Gasteiger partial charge in [-0.3, -0.25) is 0 Å². The second-order valence-electron chi connectivity index (χ2n) is 5.27. The first kappa shape index (κ1) is 12.6. The third-order valence-electron chi connectivity index (χ3n) is 3.98. The molecule has 0 amide bonds. The van der Waals surface area contributed by atoms with Crippen molar-refractivity contribution in [3.05, 3.63) is 46.6 Å². The Morgan fingerprint density at radius 3 is 2.75 bits per heavy atom. The van der Waals surface area contributed by atoms with E-state index < -0.39 is 0 Å². The lowest BCUT2D eigenvalue weighted by molar-refractivity contribution is 0.739. The molecule has 100 valence electrons. The van der Waals surface area contributed by atoms with Crippen molar-refractivity contribution >= 4 is 11.5 Å². The summed E-state index contributed by atoms with van der Waals surface area (Å²) in [7, 11) is 0. The minimum absolute atomic E-state index is 0.288. The number of para-hydroxylation sites is 1. The zero-order valence-electron chi connectivity index (χ0n) is 11.9. The van der Waals surface area contributed by atoms with Gasteiger partial charge in [0.25, 0.3) is 0 Å². The third kappa shape index (κ3) is 1.75. The van der Waals surface area contributed by atoms with Crippen LogP contribution in [0.5, 0.6) is 0 Å². The topological polar surface area (TPSA) is 52.8 Å². The van der Waals surface area contributed by atoms with Crippen molar-refractivity contribution in [2.45, 2.75) is 33.2 Å². The van der Waals surface area contributed by atoms with Crippen LogP contribution in [-0.2, 0) is 6.42 Å². The minimum atomic E-state index is 0.288. The van der Waals surface area contributed by atoms with Gasteiger partial charge in [-0.2, -0.15) is 10.4 Å². The Kier molecular flexibility index (Phi) is 2.90.